The Bertz CT molecular complexity index is 1180. The van der Waals surface area contributed by atoms with E-state index in [0.717, 1.165) is 16.8 Å². The number of aromatic nitrogens is 1. The number of nitrogens with zero attached hydrogens (tertiary/aromatic N) is 2. The molecule has 0 unspecified atom stereocenters. The fourth-order valence-electron chi connectivity index (χ4n) is 4.64. The largest absolute Gasteiger partial charge is 0.410 e. The highest BCUT2D eigenvalue weighted by Crippen LogP contribution is 2.21. The van der Waals surface area contributed by atoms with Crippen molar-refractivity contribution in [2.75, 3.05) is 0 Å². The Morgan fingerprint density at radius 2 is 1.31 bits per heavy atom. The Balaban J connectivity index is 2.03. The fraction of sp³-hybridized carbons (Fsp3) is 0.0400. The van der Waals surface area contributed by atoms with E-state index in [9.17, 15) is 5.21 Å². The molecule has 1 aliphatic rings. The van der Waals surface area contributed by atoms with Gasteiger partial charge in [-0.25, -0.2) is 0 Å². The van der Waals surface area contributed by atoms with E-state index in [1.807, 2.05) is 19.2 Å². The third-order valence-electron chi connectivity index (χ3n) is 5.80. The summed E-state index contributed by atoms with van der Waals surface area (Å²) in [7, 11) is -2.60. The summed E-state index contributed by atoms with van der Waals surface area (Å²) in [4.78, 5) is 4.55. The van der Waals surface area contributed by atoms with Crippen molar-refractivity contribution in [3.8, 4) is 0 Å². The molecule has 3 nitrogen and oxygen atoms in total. The van der Waals surface area contributed by atoms with Crippen molar-refractivity contribution in [1.29, 1.82) is 0 Å². The van der Waals surface area contributed by atoms with Gasteiger partial charge in [0.2, 0.25) is 0 Å². The number of pyridine rings is 1. The van der Waals surface area contributed by atoms with Crippen molar-refractivity contribution in [1.82, 2.24) is 4.98 Å². The van der Waals surface area contributed by atoms with Crippen molar-refractivity contribution >= 4 is 34.5 Å². The van der Waals surface area contributed by atoms with Gasteiger partial charge in [-0.3, -0.25) is 4.98 Å². The Labute approximate surface area is 171 Å². The van der Waals surface area contributed by atoms with E-state index < -0.39 is 8.07 Å². The average molecular weight is 393 g/mol. The normalized spacial score (nSPS) is 15.6. The van der Waals surface area contributed by atoms with Crippen LogP contribution in [0.4, 0.5) is 0 Å². The first-order valence-electron chi connectivity index (χ1n) is 9.67. The fourth-order valence-corrected chi connectivity index (χ4v) is 9.86. The predicted molar refractivity (Wildman–Crippen MR) is 120 cm³/mol. The molecule has 0 amide bonds. The van der Waals surface area contributed by atoms with Crippen LogP contribution in [0.5, 0.6) is 0 Å². The smallest absolute Gasteiger partial charge is 0.181 e. The van der Waals surface area contributed by atoms with Gasteiger partial charge in [-0.1, -0.05) is 90.1 Å². The monoisotopic (exact) mass is 392 g/mol. The van der Waals surface area contributed by atoms with Crippen LogP contribution in [-0.2, 0) is 0 Å². The second kappa shape index (κ2) is 6.83. The molecular formula is C25H20N2OSi. The number of benzene rings is 3. The topological polar surface area (TPSA) is 45.5 Å². The van der Waals surface area contributed by atoms with Gasteiger partial charge in [-0.2, -0.15) is 0 Å². The maximum Gasteiger partial charge on any atom is 0.181 e. The van der Waals surface area contributed by atoms with Gasteiger partial charge in [-0.15, -0.1) is 0 Å². The first-order chi connectivity index (χ1) is 14.3. The molecule has 1 N–H and O–H groups in total. The number of rotatable bonds is 2. The van der Waals surface area contributed by atoms with Gasteiger partial charge in [0, 0.05) is 23.0 Å². The number of oxime groups is 1. The third-order valence-corrected chi connectivity index (χ3v) is 10.7. The Morgan fingerprint density at radius 1 is 0.724 bits per heavy atom. The highest BCUT2D eigenvalue weighted by Gasteiger charge is 2.48. The molecule has 0 atom stereocenters. The lowest BCUT2D eigenvalue weighted by atomic mass is 10.0. The molecule has 4 aromatic rings. The summed E-state index contributed by atoms with van der Waals surface area (Å²) in [6.07, 6.45) is 1.86. The van der Waals surface area contributed by atoms with E-state index in [0.29, 0.717) is 5.71 Å². The molecule has 0 fully saturated rings. The molecule has 1 aromatic heterocycles. The molecule has 0 saturated carbocycles. The highest BCUT2D eigenvalue weighted by molar-refractivity contribution is 7.21. The lowest BCUT2D eigenvalue weighted by molar-refractivity contribution is 0.319. The molecule has 29 heavy (non-hydrogen) atoms. The molecule has 140 valence electrons. The second-order valence-corrected chi connectivity index (χ2v) is 11.1. The quantitative estimate of drug-likeness (QED) is 0.285. The summed E-state index contributed by atoms with van der Waals surface area (Å²) >= 11 is 0. The molecule has 4 heteroatoms. The van der Waals surface area contributed by atoms with Gasteiger partial charge in [0.15, 0.2) is 8.07 Å². The Kier molecular flexibility index (Phi) is 4.14. The Morgan fingerprint density at radius 3 is 1.93 bits per heavy atom. The van der Waals surface area contributed by atoms with Crippen molar-refractivity contribution < 1.29 is 5.21 Å². The average Bonchev–Trinajstić information content (AvgIpc) is 2.79. The zero-order valence-electron chi connectivity index (χ0n) is 16.1. The van der Waals surface area contributed by atoms with Crippen LogP contribution >= 0.6 is 0 Å². The molecule has 0 saturated heterocycles. The zero-order valence-corrected chi connectivity index (χ0v) is 17.1. The third kappa shape index (κ3) is 2.49. The maximum absolute atomic E-state index is 9.94. The molecule has 0 radical (unpaired) electrons. The summed E-state index contributed by atoms with van der Waals surface area (Å²) in [5, 5.41) is 18.7. The van der Waals surface area contributed by atoms with Crippen LogP contribution < -0.4 is 20.7 Å². The van der Waals surface area contributed by atoms with E-state index in [2.05, 4.69) is 95.1 Å². The van der Waals surface area contributed by atoms with Gasteiger partial charge in [0.25, 0.3) is 0 Å². The van der Waals surface area contributed by atoms with E-state index in [-0.39, 0.29) is 0 Å². The predicted octanol–water partition coefficient (Wildman–Crippen LogP) is 2.31. The molecule has 0 bridgehead atoms. The number of hydrogen-bond donors (Lipinski definition) is 1. The lowest BCUT2D eigenvalue weighted by Gasteiger charge is -2.40. The summed E-state index contributed by atoms with van der Waals surface area (Å²) < 4.78 is 0. The standard InChI is InChI=1S/C25H20N2OSi/c1-18-16-24-22(17-26-18)25(27-28)21-14-8-9-15-23(21)29(24,19-10-4-2-5-11-19)20-12-6-3-7-13-20/h2-17,28H,1H3. The molecule has 3 aromatic carbocycles. The van der Waals surface area contributed by atoms with E-state index in [1.54, 1.807) is 0 Å². The van der Waals surface area contributed by atoms with Gasteiger partial charge in [0.1, 0.15) is 5.71 Å². The van der Waals surface area contributed by atoms with Gasteiger partial charge >= 0.3 is 0 Å². The minimum absolute atomic E-state index is 0.595. The molecule has 0 aliphatic carbocycles. The molecule has 1 aliphatic heterocycles. The molecular weight excluding hydrogens is 372 g/mol. The van der Waals surface area contributed by atoms with Crippen molar-refractivity contribution in [3.63, 3.8) is 0 Å². The lowest BCUT2D eigenvalue weighted by Crippen LogP contribution is -2.78. The maximum atomic E-state index is 9.94. The summed E-state index contributed by atoms with van der Waals surface area (Å²) in [6, 6.07) is 32.0. The summed E-state index contributed by atoms with van der Waals surface area (Å²) in [5.74, 6) is 0. The van der Waals surface area contributed by atoms with Crippen LogP contribution in [0.1, 0.15) is 16.8 Å². The number of aryl methyl sites for hydroxylation is 1. The minimum atomic E-state index is -2.60. The van der Waals surface area contributed by atoms with E-state index in [4.69, 9.17) is 0 Å². The molecule has 2 heterocycles. The van der Waals surface area contributed by atoms with Gasteiger partial charge in [-0.05, 0) is 33.7 Å². The highest BCUT2D eigenvalue weighted by atomic mass is 28.3. The van der Waals surface area contributed by atoms with Crippen LogP contribution in [0.15, 0.2) is 102 Å². The number of fused-ring (bicyclic) bond motifs is 2. The summed E-state index contributed by atoms with van der Waals surface area (Å²) in [6.45, 7) is 2.02. The van der Waals surface area contributed by atoms with Gasteiger partial charge in [0.05, 0.1) is 0 Å². The number of hydrogen-bond acceptors (Lipinski definition) is 3. The Hall–Kier alpha value is -3.50. The van der Waals surface area contributed by atoms with Crippen molar-refractivity contribution in [2.45, 2.75) is 6.92 Å². The zero-order chi connectivity index (χ0) is 19.8. The van der Waals surface area contributed by atoms with Crippen LogP contribution in [0.3, 0.4) is 0 Å². The van der Waals surface area contributed by atoms with Crippen molar-refractivity contribution in [3.05, 3.63) is 114 Å². The van der Waals surface area contributed by atoms with Crippen molar-refractivity contribution in [2.24, 2.45) is 5.16 Å². The molecule has 5 rings (SSSR count). The van der Waals surface area contributed by atoms with Crippen LogP contribution in [-0.4, -0.2) is 24.0 Å². The molecule has 0 spiro atoms. The van der Waals surface area contributed by atoms with Crippen LogP contribution in [0, 0.1) is 6.92 Å². The van der Waals surface area contributed by atoms with Crippen LogP contribution in [0.25, 0.3) is 0 Å². The SMILES string of the molecule is Cc1cc2c(cn1)C(=NO)c1ccccc1[Si]2(c1ccccc1)c1ccccc1. The van der Waals surface area contributed by atoms with E-state index >= 15 is 0 Å². The second-order valence-electron chi connectivity index (χ2n) is 7.35. The summed E-state index contributed by atoms with van der Waals surface area (Å²) in [5.41, 5.74) is 3.45. The van der Waals surface area contributed by atoms with Crippen LogP contribution in [0.2, 0.25) is 0 Å². The first kappa shape index (κ1) is 17.6. The minimum Gasteiger partial charge on any atom is -0.410 e. The first-order valence-corrected chi connectivity index (χ1v) is 11.7. The van der Waals surface area contributed by atoms with Gasteiger partial charge < -0.3 is 5.21 Å². The van der Waals surface area contributed by atoms with E-state index in [1.165, 1.54) is 20.7 Å².